The monoisotopic (exact) mass is 347 g/mol. The van der Waals surface area contributed by atoms with Crippen molar-refractivity contribution in [3.8, 4) is 6.07 Å². The van der Waals surface area contributed by atoms with Crippen LogP contribution in [0, 0.1) is 17.1 Å². The lowest BCUT2D eigenvalue weighted by atomic mass is 10.0. The molecule has 4 nitrogen and oxygen atoms in total. The van der Waals surface area contributed by atoms with Gasteiger partial charge in [0.1, 0.15) is 17.1 Å². The van der Waals surface area contributed by atoms with Gasteiger partial charge in [-0.05, 0) is 23.8 Å². The van der Waals surface area contributed by atoms with Gasteiger partial charge in [0.2, 0.25) is 0 Å². The molecule has 1 N–H and O–H groups in total. The fourth-order valence-corrected chi connectivity index (χ4v) is 4.43. The molecule has 1 fully saturated rings. The number of thiazole rings is 1. The van der Waals surface area contributed by atoms with Crippen LogP contribution in [0.25, 0.3) is 0 Å². The molecule has 7 heteroatoms. The average Bonchev–Trinajstić information content (AvgIpc) is 3.20. The second-order valence-corrected chi connectivity index (χ2v) is 7.39. The number of amides is 1. The molecule has 1 aromatic heterocycles. The predicted octanol–water partition coefficient (Wildman–Crippen LogP) is 3.00. The highest BCUT2D eigenvalue weighted by atomic mass is 32.2. The van der Waals surface area contributed by atoms with Gasteiger partial charge in [0.05, 0.1) is 11.1 Å². The van der Waals surface area contributed by atoms with Crippen molar-refractivity contribution in [1.82, 2.24) is 10.3 Å². The number of thioether (sulfide) groups is 1. The Kier molecular flexibility index (Phi) is 4.64. The standard InChI is InChI=1S/C16H14FN3OS2/c17-12-4-2-1-3-11(12)7-14-19-13(8-23-14)15(21)20-16(9-18)5-6-22-10-16/h1-4,8H,5-7,10H2,(H,20,21)/t16-/m1/s1. The molecule has 0 bridgehead atoms. The number of benzene rings is 1. The fraction of sp³-hybridized carbons (Fsp3) is 0.312. The third-order valence-corrected chi connectivity index (χ3v) is 5.71. The first-order valence-corrected chi connectivity index (χ1v) is 9.15. The van der Waals surface area contributed by atoms with Crippen LogP contribution in [0.3, 0.4) is 0 Å². The summed E-state index contributed by atoms with van der Waals surface area (Å²) in [5.41, 5.74) is 0.0409. The summed E-state index contributed by atoms with van der Waals surface area (Å²) < 4.78 is 13.7. The van der Waals surface area contributed by atoms with Gasteiger partial charge in [-0.15, -0.1) is 11.3 Å². The Labute approximate surface area is 141 Å². The number of carbonyl (C=O) groups excluding carboxylic acids is 1. The summed E-state index contributed by atoms with van der Waals surface area (Å²) in [6.07, 6.45) is 0.996. The van der Waals surface area contributed by atoms with Gasteiger partial charge in [-0.2, -0.15) is 17.0 Å². The smallest absolute Gasteiger partial charge is 0.272 e. The van der Waals surface area contributed by atoms with Crippen LogP contribution >= 0.6 is 23.1 Å². The molecular weight excluding hydrogens is 333 g/mol. The maximum Gasteiger partial charge on any atom is 0.272 e. The predicted molar refractivity (Wildman–Crippen MR) is 89.1 cm³/mol. The summed E-state index contributed by atoms with van der Waals surface area (Å²) >= 11 is 2.97. The van der Waals surface area contributed by atoms with E-state index in [1.807, 2.05) is 0 Å². The number of rotatable bonds is 4. The van der Waals surface area contributed by atoms with Crippen LogP contribution in [0.1, 0.15) is 27.5 Å². The van der Waals surface area contributed by atoms with Gasteiger partial charge in [-0.3, -0.25) is 4.79 Å². The summed E-state index contributed by atoms with van der Waals surface area (Å²) in [4.78, 5) is 16.6. The lowest BCUT2D eigenvalue weighted by Gasteiger charge is -2.20. The largest absolute Gasteiger partial charge is 0.332 e. The maximum absolute atomic E-state index is 13.7. The summed E-state index contributed by atoms with van der Waals surface area (Å²) in [5.74, 6) is 0.843. The molecule has 0 aliphatic carbocycles. The normalized spacial score (nSPS) is 20.2. The molecule has 0 saturated carbocycles. The molecule has 0 radical (unpaired) electrons. The fourth-order valence-electron chi connectivity index (χ4n) is 2.36. The summed E-state index contributed by atoms with van der Waals surface area (Å²) in [7, 11) is 0. The van der Waals surface area contributed by atoms with Gasteiger partial charge in [0, 0.05) is 17.6 Å². The topological polar surface area (TPSA) is 65.8 Å². The molecule has 118 valence electrons. The molecule has 1 aliphatic heterocycles. The molecule has 3 rings (SSSR count). The minimum atomic E-state index is -0.795. The first-order valence-electron chi connectivity index (χ1n) is 7.11. The Bertz CT molecular complexity index is 763. The number of carbonyl (C=O) groups is 1. The summed E-state index contributed by atoms with van der Waals surface area (Å²) in [5, 5.41) is 14.4. The number of halogens is 1. The van der Waals surface area contributed by atoms with Crippen LogP contribution in [-0.4, -0.2) is 27.9 Å². The van der Waals surface area contributed by atoms with E-state index in [2.05, 4.69) is 16.4 Å². The molecule has 0 spiro atoms. The van der Waals surface area contributed by atoms with Crippen molar-refractivity contribution in [3.05, 3.63) is 51.7 Å². The van der Waals surface area contributed by atoms with Gasteiger partial charge in [0.15, 0.2) is 0 Å². The van der Waals surface area contributed by atoms with E-state index in [0.717, 1.165) is 5.75 Å². The number of hydrogen-bond acceptors (Lipinski definition) is 5. The molecule has 1 amide bonds. The van der Waals surface area contributed by atoms with Crippen molar-refractivity contribution < 1.29 is 9.18 Å². The van der Waals surface area contributed by atoms with Crippen molar-refractivity contribution in [2.24, 2.45) is 0 Å². The minimum absolute atomic E-state index is 0.278. The Morgan fingerprint density at radius 2 is 2.30 bits per heavy atom. The van der Waals surface area contributed by atoms with Crippen molar-refractivity contribution in [2.45, 2.75) is 18.4 Å². The average molecular weight is 347 g/mol. The number of hydrogen-bond donors (Lipinski definition) is 1. The van der Waals surface area contributed by atoms with E-state index in [-0.39, 0.29) is 17.4 Å². The molecule has 1 atom stereocenters. The van der Waals surface area contributed by atoms with E-state index in [1.54, 1.807) is 35.3 Å². The number of nitrogens with one attached hydrogen (secondary N) is 1. The zero-order valence-corrected chi connectivity index (χ0v) is 13.8. The van der Waals surface area contributed by atoms with Crippen LogP contribution in [0.2, 0.25) is 0 Å². The molecule has 2 aromatic rings. The van der Waals surface area contributed by atoms with Crippen LogP contribution in [0.4, 0.5) is 4.39 Å². The van der Waals surface area contributed by atoms with Gasteiger partial charge in [-0.25, -0.2) is 9.37 Å². The Morgan fingerprint density at radius 3 is 3.00 bits per heavy atom. The van der Waals surface area contributed by atoms with E-state index in [9.17, 15) is 14.4 Å². The second-order valence-electron chi connectivity index (χ2n) is 5.35. The summed E-state index contributed by atoms with van der Waals surface area (Å²) in [6, 6.07) is 8.73. The molecule has 2 heterocycles. The number of nitrogens with zero attached hydrogens (tertiary/aromatic N) is 2. The van der Waals surface area contributed by atoms with E-state index < -0.39 is 5.54 Å². The van der Waals surface area contributed by atoms with Crippen LogP contribution in [-0.2, 0) is 6.42 Å². The Hall–Kier alpha value is -1.91. The lowest BCUT2D eigenvalue weighted by molar-refractivity contribution is 0.0921. The SMILES string of the molecule is N#C[C@]1(NC(=O)c2csc(Cc3ccccc3F)n2)CCSC1. The Morgan fingerprint density at radius 1 is 1.48 bits per heavy atom. The number of aromatic nitrogens is 1. The van der Waals surface area contributed by atoms with E-state index in [4.69, 9.17) is 0 Å². The van der Waals surface area contributed by atoms with Crippen LogP contribution in [0.15, 0.2) is 29.6 Å². The highest BCUT2D eigenvalue weighted by Crippen LogP contribution is 2.27. The van der Waals surface area contributed by atoms with Crippen LogP contribution in [0.5, 0.6) is 0 Å². The zero-order valence-electron chi connectivity index (χ0n) is 12.2. The first kappa shape index (κ1) is 16.0. The van der Waals surface area contributed by atoms with Crippen molar-refractivity contribution in [2.75, 3.05) is 11.5 Å². The van der Waals surface area contributed by atoms with Crippen molar-refractivity contribution >= 4 is 29.0 Å². The minimum Gasteiger partial charge on any atom is -0.332 e. The second kappa shape index (κ2) is 6.69. The molecule has 1 saturated heterocycles. The first-order chi connectivity index (χ1) is 11.1. The third kappa shape index (κ3) is 3.54. The van der Waals surface area contributed by atoms with Gasteiger partial charge >= 0.3 is 0 Å². The molecule has 23 heavy (non-hydrogen) atoms. The molecular formula is C16H14FN3OS2. The highest BCUT2D eigenvalue weighted by Gasteiger charge is 2.36. The molecule has 1 aromatic carbocycles. The maximum atomic E-state index is 13.7. The zero-order chi connectivity index (χ0) is 16.3. The van der Waals surface area contributed by atoms with Gasteiger partial charge < -0.3 is 5.32 Å². The van der Waals surface area contributed by atoms with E-state index in [0.29, 0.717) is 29.2 Å². The van der Waals surface area contributed by atoms with Crippen molar-refractivity contribution in [1.29, 1.82) is 5.26 Å². The molecule has 0 unspecified atom stereocenters. The lowest BCUT2D eigenvalue weighted by Crippen LogP contribution is -2.47. The van der Waals surface area contributed by atoms with Gasteiger partial charge in [0.25, 0.3) is 5.91 Å². The Balaban J connectivity index is 1.71. The quantitative estimate of drug-likeness (QED) is 0.923. The van der Waals surface area contributed by atoms with E-state index in [1.165, 1.54) is 17.4 Å². The van der Waals surface area contributed by atoms with Crippen molar-refractivity contribution in [3.63, 3.8) is 0 Å². The highest BCUT2D eigenvalue weighted by molar-refractivity contribution is 7.99. The van der Waals surface area contributed by atoms with Gasteiger partial charge in [-0.1, -0.05) is 18.2 Å². The summed E-state index contributed by atoms with van der Waals surface area (Å²) in [6.45, 7) is 0. The van der Waals surface area contributed by atoms with Crippen LogP contribution < -0.4 is 5.32 Å². The molecule has 1 aliphatic rings. The third-order valence-electron chi connectivity index (χ3n) is 3.67. The van der Waals surface area contributed by atoms with E-state index >= 15 is 0 Å². The number of nitriles is 1.